The highest BCUT2D eigenvalue weighted by molar-refractivity contribution is 6.18. The lowest BCUT2D eigenvalue weighted by Crippen LogP contribution is -2.20. The van der Waals surface area contributed by atoms with E-state index in [0.29, 0.717) is 5.56 Å². The van der Waals surface area contributed by atoms with Gasteiger partial charge in [0.15, 0.2) is 0 Å². The van der Waals surface area contributed by atoms with Crippen molar-refractivity contribution >= 4 is 11.6 Å². The summed E-state index contributed by atoms with van der Waals surface area (Å²) in [5.41, 5.74) is 1.52. The van der Waals surface area contributed by atoms with Gasteiger partial charge < -0.3 is 10.2 Å². The molecule has 2 atom stereocenters. The third-order valence-electron chi connectivity index (χ3n) is 1.92. The fraction of sp³-hybridized carbons (Fsp3) is 0.444. The third-order valence-corrected chi connectivity index (χ3v) is 2.24. The van der Waals surface area contributed by atoms with Crippen molar-refractivity contribution in [2.24, 2.45) is 0 Å². The molecule has 4 heteroatoms. The second kappa shape index (κ2) is 4.56. The maximum absolute atomic E-state index is 9.60. The number of nitrogens with zero attached hydrogens (tertiary/aromatic N) is 1. The van der Waals surface area contributed by atoms with Crippen LogP contribution in [0.25, 0.3) is 0 Å². The van der Waals surface area contributed by atoms with Crippen LogP contribution >= 0.6 is 11.6 Å². The van der Waals surface area contributed by atoms with Crippen LogP contribution in [-0.4, -0.2) is 27.2 Å². The number of aromatic nitrogens is 1. The number of aliphatic hydroxyl groups is 2. The number of aliphatic hydroxyl groups excluding tert-OH is 2. The monoisotopic (exact) mass is 201 g/mol. The lowest BCUT2D eigenvalue weighted by molar-refractivity contribution is 0.0321. The fourth-order valence-corrected chi connectivity index (χ4v) is 1.25. The van der Waals surface area contributed by atoms with E-state index < -0.39 is 12.2 Å². The largest absolute Gasteiger partial charge is 0.389 e. The van der Waals surface area contributed by atoms with Gasteiger partial charge in [0.25, 0.3) is 0 Å². The molecule has 0 aliphatic carbocycles. The molecule has 0 aliphatic heterocycles. The molecule has 0 aliphatic rings. The zero-order valence-electron chi connectivity index (χ0n) is 7.31. The predicted octanol–water partition coefficient (Wildman–Crippen LogP) is 1.02. The molecule has 0 fully saturated rings. The molecular weight excluding hydrogens is 190 g/mol. The Morgan fingerprint density at radius 1 is 1.54 bits per heavy atom. The molecule has 2 N–H and O–H groups in total. The third kappa shape index (κ3) is 2.40. The lowest BCUT2D eigenvalue weighted by Gasteiger charge is -2.16. The number of pyridine rings is 1. The summed E-state index contributed by atoms with van der Waals surface area (Å²) in [6.07, 6.45) is 1.28. The molecule has 0 radical (unpaired) electrons. The quantitative estimate of drug-likeness (QED) is 0.719. The molecular formula is C9H12ClNO2. The Balaban J connectivity index is 2.88. The predicted molar refractivity (Wildman–Crippen MR) is 50.7 cm³/mol. The molecule has 0 spiro atoms. The molecule has 1 aromatic rings. The van der Waals surface area contributed by atoms with Crippen molar-refractivity contribution in [1.82, 2.24) is 4.98 Å². The number of rotatable bonds is 3. The van der Waals surface area contributed by atoms with Crippen LogP contribution < -0.4 is 0 Å². The van der Waals surface area contributed by atoms with E-state index in [2.05, 4.69) is 4.98 Å². The Bertz CT molecular complexity index is 280. The van der Waals surface area contributed by atoms with Crippen molar-refractivity contribution in [3.63, 3.8) is 0 Å². The summed E-state index contributed by atoms with van der Waals surface area (Å²) < 4.78 is 0. The smallest absolute Gasteiger partial charge is 0.108 e. The van der Waals surface area contributed by atoms with Gasteiger partial charge in [-0.3, -0.25) is 4.98 Å². The molecule has 72 valence electrons. The molecule has 0 amide bonds. The van der Waals surface area contributed by atoms with Crippen LogP contribution in [0.2, 0.25) is 0 Å². The van der Waals surface area contributed by atoms with Crippen LogP contribution in [0.1, 0.15) is 17.2 Å². The number of halogens is 1. The van der Waals surface area contributed by atoms with Gasteiger partial charge in [0.2, 0.25) is 0 Å². The highest BCUT2D eigenvalue weighted by atomic mass is 35.5. The molecule has 1 rings (SSSR count). The summed E-state index contributed by atoms with van der Waals surface area (Å²) in [7, 11) is 0. The van der Waals surface area contributed by atoms with Crippen LogP contribution in [0.3, 0.4) is 0 Å². The van der Waals surface area contributed by atoms with Gasteiger partial charge in [0.05, 0.1) is 12.0 Å². The van der Waals surface area contributed by atoms with E-state index in [1.165, 1.54) is 6.20 Å². The minimum absolute atomic E-state index is 0.00943. The van der Waals surface area contributed by atoms with Gasteiger partial charge in [-0.25, -0.2) is 0 Å². The zero-order chi connectivity index (χ0) is 9.84. The number of alkyl halides is 1. The first-order valence-corrected chi connectivity index (χ1v) is 4.53. The van der Waals surface area contributed by atoms with Gasteiger partial charge in [-0.2, -0.15) is 0 Å². The second-order valence-electron chi connectivity index (χ2n) is 2.90. The van der Waals surface area contributed by atoms with Crippen LogP contribution in [0, 0.1) is 6.92 Å². The van der Waals surface area contributed by atoms with Crippen molar-refractivity contribution < 1.29 is 10.2 Å². The molecule has 0 bridgehead atoms. The van der Waals surface area contributed by atoms with E-state index in [0.717, 1.165) is 5.56 Å². The second-order valence-corrected chi connectivity index (χ2v) is 3.21. The first-order valence-electron chi connectivity index (χ1n) is 3.99. The Morgan fingerprint density at radius 2 is 2.23 bits per heavy atom. The van der Waals surface area contributed by atoms with E-state index in [1.54, 1.807) is 12.3 Å². The molecule has 2 unspecified atom stereocenters. The molecule has 3 nitrogen and oxygen atoms in total. The van der Waals surface area contributed by atoms with Crippen molar-refractivity contribution in [3.05, 3.63) is 29.6 Å². The Kier molecular flexibility index (Phi) is 3.66. The molecule has 0 saturated heterocycles. The topological polar surface area (TPSA) is 53.4 Å². The van der Waals surface area contributed by atoms with Crippen molar-refractivity contribution in [2.45, 2.75) is 19.1 Å². The SMILES string of the molecule is Cc1ccncc1C(O)C(O)CCl. The van der Waals surface area contributed by atoms with Crippen LogP contribution in [-0.2, 0) is 0 Å². The van der Waals surface area contributed by atoms with Gasteiger partial charge in [-0.15, -0.1) is 11.6 Å². The van der Waals surface area contributed by atoms with E-state index in [9.17, 15) is 10.2 Å². The fourth-order valence-electron chi connectivity index (χ4n) is 1.08. The van der Waals surface area contributed by atoms with Crippen LogP contribution in [0.5, 0.6) is 0 Å². The maximum Gasteiger partial charge on any atom is 0.108 e. The summed E-state index contributed by atoms with van der Waals surface area (Å²) in [5.74, 6) is 0.00943. The zero-order valence-corrected chi connectivity index (χ0v) is 8.07. The van der Waals surface area contributed by atoms with Crippen molar-refractivity contribution in [1.29, 1.82) is 0 Å². The summed E-state index contributed by atoms with van der Waals surface area (Å²) >= 11 is 5.42. The number of hydrogen-bond acceptors (Lipinski definition) is 3. The minimum Gasteiger partial charge on any atom is -0.389 e. The van der Waals surface area contributed by atoms with Gasteiger partial charge >= 0.3 is 0 Å². The molecule has 1 heterocycles. The standard InChI is InChI=1S/C9H12ClNO2/c1-6-2-3-11-5-7(6)9(13)8(12)4-10/h2-3,5,8-9,12-13H,4H2,1H3. The van der Waals surface area contributed by atoms with E-state index in [4.69, 9.17) is 11.6 Å². The normalized spacial score (nSPS) is 15.4. The average Bonchev–Trinajstić information content (AvgIpc) is 2.16. The summed E-state index contributed by atoms with van der Waals surface area (Å²) in [5, 5.41) is 18.9. The first kappa shape index (κ1) is 10.4. The number of aryl methyl sites for hydroxylation is 1. The molecule has 0 aromatic carbocycles. The highest BCUT2D eigenvalue weighted by Gasteiger charge is 2.18. The molecule has 0 saturated carbocycles. The van der Waals surface area contributed by atoms with Gasteiger partial charge in [-0.05, 0) is 18.6 Å². The van der Waals surface area contributed by atoms with E-state index >= 15 is 0 Å². The summed E-state index contributed by atoms with van der Waals surface area (Å²) in [6, 6.07) is 1.78. The minimum atomic E-state index is -0.953. The highest BCUT2D eigenvalue weighted by Crippen LogP contribution is 2.19. The first-order chi connectivity index (χ1) is 6.16. The molecule has 1 aromatic heterocycles. The summed E-state index contributed by atoms with van der Waals surface area (Å²) in [4.78, 5) is 3.87. The van der Waals surface area contributed by atoms with Gasteiger partial charge in [0.1, 0.15) is 6.10 Å². The van der Waals surface area contributed by atoms with Crippen LogP contribution in [0.15, 0.2) is 18.5 Å². The van der Waals surface area contributed by atoms with Crippen molar-refractivity contribution in [2.75, 3.05) is 5.88 Å². The maximum atomic E-state index is 9.60. The Hall–Kier alpha value is -0.640. The summed E-state index contributed by atoms with van der Waals surface area (Å²) in [6.45, 7) is 1.85. The van der Waals surface area contributed by atoms with Crippen molar-refractivity contribution in [3.8, 4) is 0 Å². The van der Waals surface area contributed by atoms with Gasteiger partial charge in [-0.1, -0.05) is 0 Å². The van der Waals surface area contributed by atoms with E-state index in [1.807, 2.05) is 6.92 Å². The number of hydrogen-bond donors (Lipinski definition) is 2. The van der Waals surface area contributed by atoms with E-state index in [-0.39, 0.29) is 5.88 Å². The van der Waals surface area contributed by atoms with Gasteiger partial charge in [0, 0.05) is 18.0 Å². The lowest BCUT2D eigenvalue weighted by atomic mass is 10.0. The van der Waals surface area contributed by atoms with Crippen LogP contribution in [0.4, 0.5) is 0 Å². The molecule has 13 heavy (non-hydrogen) atoms. The Morgan fingerprint density at radius 3 is 2.77 bits per heavy atom. The average molecular weight is 202 g/mol. The Labute approximate surface area is 82.0 Å².